The lowest BCUT2D eigenvalue weighted by Crippen LogP contribution is -2.24. The van der Waals surface area contributed by atoms with Crippen molar-refractivity contribution in [2.75, 3.05) is 0 Å². The van der Waals surface area contributed by atoms with E-state index in [0.717, 1.165) is 11.1 Å². The van der Waals surface area contributed by atoms with E-state index < -0.39 is 0 Å². The molecule has 0 fully saturated rings. The molecule has 4 nitrogen and oxygen atoms in total. The lowest BCUT2D eigenvalue weighted by atomic mass is 10.2. The number of rotatable bonds is 7. The predicted molar refractivity (Wildman–Crippen MR) is 98.9 cm³/mol. The fraction of sp³-hybridized carbons (Fsp3) is 0.100. The third-order valence-electron chi connectivity index (χ3n) is 3.55. The molecule has 0 spiro atoms. The summed E-state index contributed by atoms with van der Waals surface area (Å²) in [6.45, 7) is 0.283. The van der Waals surface area contributed by atoms with Crippen LogP contribution in [-0.4, -0.2) is 10.9 Å². The summed E-state index contributed by atoms with van der Waals surface area (Å²) in [6, 6.07) is 19.2. The number of halogens is 1. The Labute approximate surface area is 155 Å². The molecule has 132 valence electrons. The molecule has 0 aliphatic rings. The number of nitrogens with zero attached hydrogens (tertiary/aromatic N) is 1. The van der Waals surface area contributed by atoms with E-state index >= 15 is 0 Å². The number of carbonyl (C=O) groups is 1. The third-order valence-corrected chi connectivity index (χ3v) is 4.63. The fourth-order valence-corrected chi connectivity index (χ4v) is 3.17. The van der Waals surface area contributed by atoms with Crippen LogP contribution in [0.1, 0.15) is 21.5 Å². The Hall–Kier alpha value is -2.70. The van der Waals surface area contributed by atoms with Crippen molar-refractivity contribution >= 4 is 17.7 Å². The van der Waals surface area contributed by atoms with Crippen LogP contribution in [0.5, 0.6) is 0 Å². The van der Waals surface area contributed by atoms with Crippen molar-refractivity contribution in [3.8, 4) is 0 Å². The number of amides is 1. The van der Waals surface area contributed by atoms with Crippen LogP contribution in [0, 0.1) is 5.82 Å². The van der Waals surface area contributed by atoms with Crippen LogP contribution < -0.4 is 5.48 Å². The van der Waals surface area contributed by atoms with Crippen molar-refractivity contribution in [3.05, 3.63) is 95.4 Å². The van der Waals surface area contributed by atoms with Gasteiger partial charge >= 0.3 is 0 Å². The summed E-state index contributed by atoms with van der Waals surface area (Å²) < 4.78 is 13.0. The zero-order chi connectivity index (χ0) is 18.2. The SMILES string of the molecule is O=C(NOCc1ccccc1)c1cccnc1SCc1ccc(F)cc1. The minimum atomic E-state index is -0.351. The first-order valence-corrected chi connectivity index (χ1v) is 8.99. The fourth-order valence-electron chi connectivity index (χ4n) is 2.23. The van der Waals surface area contributed by atoms with Gasteiger partial charge in [0.05, 0.1) is 12.2 Å². The summed E-state index contributed by atoms with van der Waals surface area (Å²) >= 11 is 1.41. The molecule has 0 bridgehead atoms. The number of carbonyl (C=O) groups excluding carboxylic acids is 1. The van der Waals surface area contributed by atoms with Crippen molar-refractivity contribution in [1.29, 1.82) is 0 Å². The quantitative estimate of drug-likeness (QED) is 0.497. The molecule has 0 unspecified atom stereocenters. The Morgan fingerprint density at radius 3 is 2.54 bits per heavy atom. The summed E-state index contributed by atoms with van der Waals surface area (Å²) in [4.78, 5) is 21.9. The molecule has 3 aromatic rings. The maximum Gasteiger partial charge on any atom is 0.277 e. The van der Waals surface area contributed by atoms with Gasteiger partial charge < -0.3 is 0 Å². The molecule has 1 amide bonds. The average Bonchev–Trinajstić information content (AvgIpc) is 2.68. The van der Waals surface area contributed by atoms with Crippen molar-refractivity contribution in [1.82, 2.24) is 10.5 Å². The molecular formula is C20H17FN2O2S. The van der Waals surface area contributed by atoms with E-state index in [9.17, 15) is 9.18 Å². The van der Waals surface area contributed by atoms with E-state index in [0.29, 0.717) is 16.3 Å². The molecule has 0 aliphatic carbocycles. The van der Waals surface area contributed by atoms with Gasteiger partial charge in [0.2, 0.25) is 0 Å². The average molecular weight is 368 g/mol. The molecular weight excluding hydrogens is 351 g/mol. The van der Waals surface area contributed by atoms with E-state index in [-0.39, 0.29) is 18.3 Å². The van der Waals surface area contributed by atoms with Gasteiger partial charge in [0, 0.05) is 11.9 Å². The molecule has 0 radical (unpaired) electrons. The summed E-state index contributed by atoms with van der Waals surface area (Å²) in [6.07, 6.45) is 1.63. The van der Waals surface area contributed by atoms with E-state index in [4.69, 9.17) is 4.84 Å². The van der Waals surface area contributed by atoms with Crippen LogP contribution in [0.4, 0.5) is 4.39 Å². The maximum atomic E-state index is 13.0. The first-order chi connectivity index (χ1) is 12.7. The molecule has 26 heavy (non-hydrogen) atoms. The van der Waals surface area contributed by atoms with Gasteiger partial charge in [-0.25, -0.2) is 14.9 Å². The van der Waals surface area contributed by atoms with Crippen molar-refractivity contribution in [3.63, 3.8) is 0 Å². The van der Waals surface area contributed by atoms with Gasteiger partial charge in [-0.3, -0.25) is 9.63 Å². The van der Waals surface area contributed by atoms with Crippen LogP contribution in [0.3, 0.4) is 0 Å². The summed E-state index contributed by atoms with van der Waals surface area (Å²) in [5.74, 6) is -0.0366. The summed E-state index contributed by atoms with van der Waals surface area (Å²) in [7, 11) is 0. The van der Waals surface area contributed by atoms with Gasteiger partial charge in [0.1, 0.15) is 10.8 Å². The number of nitrogens with one attached hydrogen (secondary N) is 1. The number of thioether (sulfide) groups is 1. The van der Waals surface area contributed by atoms with Crippen LogP contribution in [0.2, 0.25) is 0 Å². The molecule has 0 saturated carbocycles. The Balaban J connectivity index is 1.58. The highest BCUT2D eigenvalue weighted by Crippen LogP contribution is 2.24. The highest BCUT2D eigenvalue weighted by atomic mass is 32.2. The van der Waals surface area contributed by atoms with Crippen LogP contribution >= 0.6 is 11.8 Å². The monoisotopic (exact) mass is 368 g/mol. The van der Waals surface area contributed by atoms with Gasteiger partial charge in [-0.2, -0.15) is 0 Å². The van der Waals surface area contributed by atoms with E-state index in [1.165, 1.54) is 23.9 Å². The molecule has 6 heteroatoms. The molecule has 1 aromatic heterocycles. The highest BCUT2D eigenvalue weighted by molar-refractivity contribution is 7.98. The topological polar surface area (TPSA) is 51.2 Å². The normalized spacial score (nSPS) is 10.5. The molecule has 1 N–H and O–H groups in total. The van der Waals surface area contributed by atoms with Gasteiger partial charge in [-0.15, -0.1) is 11.8 Å². The van der Waals surface area contributed by atoms with Crippen LogP contribution in [0.25, 0.3) is 0 Å². The third kappa shape index (κ3) is 5.15. The zero-order valence-electron chi connectivity index (χ0n) is 13.9. The lowest BCUT2D eigenvalue weighted by molar-refractivity contribution is 0.0230. The minimum absolute atomic E-state index is 0.271. The molecule has 3 rings (SSSR count). The number of hydrogen-bond donors (Lipinski definition) is 1. The molecule has 1 heterocycles. The first kappa shape index (κ1) is 18.1. The predicted octanol–water partition coefficient (Wildman–Crippen LogP) is 4.37. The van der Waals surface area contributed by atoms with Crippen molar-refractivity contribution < 1.29 is 14.0 Å². The zero-order valence-corrected chi connectivity index (χ0v) is 14.7. The molecule has 0 aliphatic heterocycles. The van der Waals surface area contributed by atoms with E-state index in [2.05, 4.69) is 10.5 Å². The second-order valence-corrected chi connectivity index (χ2v) is 6.44. The highest BCUT2D eigenvalue weighted by Gasteiger charge is 2.13. The second kappa shape index (κ2) is 9.12. The molecule has 0 saturated heterocycles. The number of benzene rings is 2. The molecule has 0 atom stereocenters. The maximum absolute atomic E-state index is 13.0. The van der Waals surface area contributed by atoms with Crippen LogP contribution in [-0.2, 0) is 17.2 Å². The van der Waals surface area contributed by atoms with Gasteiger partial charge in [-0.05, 0) is 35.4 Å². The van der Waals surface area contributed by atoms with Gasteiger partial charge in [0.15, 0.2) is 0 Å². The first-order valence-electron chi connectivity index (χ1n) is 8.01. The second-order valence-electron chi connectivity index (χ2n) is 5.48. The van der Waals surface area contributed by atoms with Gasteiger partial charge in [-0.1, -0.05) is 42.5 Å². The smallest absolute Gasteiger partial charge is 0.269 e. The van der Waals surface area contributed by atoms with Gasteiger partial charge in [0.25, 0.3) is 5.91 Å². The van der Waals surface area contributed by atoms with E-state index in [1.807, 2.05) is 30.3 Å². The Morgan fingerprint density at radius 2 is 1.77 bits per heavy atom. The Morgan fingerprint density at radius 1 is 1.00 bits per heavy atom. The molecule has 2 aromatic carbocycles. The number of pyridine rings is 1. The minimum Gasteiger partial charge on any atom is -0.269 e. The lowest BCUT2D eigenvalue weighted by Gasteiger charge is -2.09. The Kier molecular flexibility index (Phi) is 6.35. The largest absolute Gasteiger partial charge is 0.277 e. The van der Waals surface area contributed by atoms with Crippen LogP contribution in [0.15, 0.2) is 78.0 Å². The summed E-state index contributed by atoms with van der Waals surface area (Å²) in [5.41, 5.74) is 4.80. The standard InChI is InChI=1S/C20H17FN2O2S/c21-17-10-8-16(9-11-17)14-26-20-18(7-4-12-22-20)19(24)23-25-13-15-5-2-1-3-6-15/h1-12H,13-14H2,(H,23,24). The number of hydrogen-bond acceptors (Lipinski definition) is 4. The summed E-state index contributed by atoms with van der Waals surface area (Å²) in [5, 5.41) is 0.595. The van der Waals surface area contributed by atoms with Crippen molar-refractivity contribution in [2.24, 2.45) is 0 Å². The number of aromatic nitrogens is 1. The number of hydroxylamine groups is 1. The van der Waals surface area contributed by atoms with Crippen molar-refractivity contribution in [2.45, 2.75) is 17.4 Å². The van der Waals surface area contributed by atoms with E-state index in [1.54, 1.807) is 30.5 Å². The Bertz CT molecular complexity index is 857.